The van der Waals surface area contributed by atoms with Gasteiger partial charge in [0, 0.05) is 17.6 Å². The van der Waals surface area contributed by atoms with Gasteiger partial charge >= 0.3 is 19.4 Å². The van der Waals surface area contributed by atoms with E-state index < -0.39 is 66.5 Å². The average molecular weight is 594 g/mol. The van der Waals surface area contributed by atoms with Crippen LogP contribution in [-0.4, -0.2) is 61.0 Å². The molecule has 15 heteroatoms. The standard InChI is InChI=1S/C26H29FN3O10P/c1-14(2)37-20(32)15(3)29-41(36,39-18-11-7-9-16-8-5-6-10-17(16)18)40-21-25(35)24(4,34)22(38-26(21,25)27)30-13-12-19(31)28-23(30)33/h5-15,21-22,34-35H,1-4H3,(H,29,36)(H,28,31,33)/t15?,21?,22-,24+,25+,26-,41?/m1/s1. The second kappa shape index (κ2) is 9.86. The lowest BCUT2D eigenvalue weighted by Gasteiger charge is -2.33. The van der Waals surface area contributed by atoms with Crippen LogP contribution in [0.3, 0.4) is 0 Å². The molecular formula is C26H29FN3O10P. The summed E-state index contributed by atoms with van der Waals surface area (Å²) in [6, 6.07) is 11.5. The van der Waals surface area contributed by atoms with E-state index in [-0.39, 0.29) is 5.75 Å². The van der Waals surface area contributed by atoms with Gasteiger partial charge in [0.25, 0.3) is 11.4 Å². The smallest absolute Gasteiger partial charge is 0.460 e. The lowest BCUT2D eigenvalue weighted by molar-refractivity contribution is -0.180. The van der Waals surface area contributed by atoms with Crippen LogP contribution < -0.4 is 20.9 Å². The number of esters is 1. The van der Waals surface area contributed by atoms with Crippen molar-refractivity contribution in [3.63, 3.8) is 0 Å². The molecule has 1 aliphatic heterocycles. The molecule has 2 aromatic carbocycles. The number of fused-ring (bicyclic) bond motifs is 2. The van der Waals surface area contributed by atoms with E-state index in [4.69, 9.17) is 18.5 Å². The largest absolute Gasteiger partial charge is 0.462 e. The minimum Gasteiger partial charge on any atom is -0.462 e. The zero-order chi connectivity index (χ0) is 30.0. The molecule has 220 valence electrons. The lowest BCUT2D eigenvalue weighted by atomic mass is 9.95. The first kappa shape index (κ1) is 29.1. The Kier molecular flexibility index (Phi) is 7.00. The summed E-state index contributed by atoms with van der Waals surface area (Å²) in [5, 5.41) is 26.2. The van der Waals surface area contributed by atoms with Crippen LogP contribution in [0.5, 0.6) is 5.75 Å². The number of aromatic nitrogens is 2. The predicted molar refractivity (Wildman–Crippen MR) is 142 cm³/mol. The Morgan fingerprint density at radius 3 is 2.46 bits per heavy atom. The predicted octanol–water partition coefficient (Wildman–Crippen LogP) is 1.88. The van der Waals surface area contributed by atoms with Crippen molar-refractivity contribution in [1.29, 1.82) is 0 Å². The van der Waals surface area contributed by atoms with E-state index in [2.05, 4.69) is 5.09 Å². The van der Waals surface area contributed by atoms with Gasteiger partial charge in [-0.05, 0) is 39.1 Å². The van der Waals surface area contributed by atoms with Crippen LogP contribution in [0, 0.1) is 0 Å². The first-order valence-corrected chi connectivity index (χ1v) is 14.2. The number of H-pyrrole nitrogens is 1. The molecule has 1 aromatic heterocycles. The summed E-state index contributed by atoms with van der Waals surface area (Å²) in [6.45, 7) is 5.55. The molecule has 5 rings (SSSR count). The van der Waals surface area contributed by atoms with E-state index in [9.17, 15) is 29.2 Å². The number of halogens is 1. The molecule has 1 saturated heterocycles. The summed E-state index contributed by atoms with van der Waals surface area (Å²) in [7, 11) is -4.75. The third-order valence-corrected chi connectivity index (χ3v) is 8.69. The number of nitrogens with one attached hydrogen (secondary N) is 2. The highest BCUT2D eigenvalue weighted by Gasteiger charge is 2.95. The molecule has 0 spiro atoms. The van der Waals surface area contributed by atoms with E-state index in [0.29, 0.717) is 15.3 Å². The van der Waals surface area contributed by atoms with Gasteiger partial charge in [-0.25, -0.2) is 13.8 Å². The van der Waals surface area contributed by atoms with E-state index in [1.165, 1.54) is 13.0 Å². The molecule has 3 unspecified atom stereocenters. The molecule has 2 fully saturated rings. The summed E-state index contributed by atoms with van der Waals surface area (Å²) >= 11 is 0. The summed E-state index contributed by atoms with van der Waals surface area (Å²) in [4.78, 5) is 38.2. The van der Waals surface area contributed by atoms with Gasteiger partial charge in [0.15, 0.2) is 17.9 Å². The van der Waals surface area contributed by atoms with Crippen molar-refractivity contribution in [3.05, 3.63) is 75.6 Å². The van der Waals surface area contributed by atoms with Crippen molar-refractivity contribution >= 4 is 24.5 Å². The number of hydrogen-bond acceptors (Lipinski definition) is 10. The van der Waals surface area contributed by atoms with Gasteiger partial charge in [-0.3, -0.25) is 23.7 Å². The van der Waals surface area contributed by atoms with Crippen LogP contribution in [-0.2, 0) is 23.4 Å². The molecule has 2 heterocycles. The van der Waals surface area contributed by atoms with Gasteiger partial charge in [0.1, 0.15) is 17.4 Å². The number of aliphatic hydroxyl groups is 2. The van der Waals surface area contributed by atoms with Crippen molar-refractivity contribution in [2.24, 2.45) is 0 Å². The van der Waals surface area contributed by atoms with E-state index in [0.717, 1.165) is 19.2 Å². The van der Waals surface area contributed by atoms with Crippen LogP contribution in [0.1, 0.15) is 33.9 Å². The van der Waals surface area contributed by atoms with Gasteiger partial charge in [0.2, 0.25) is 0 Å². The fourth-order valence-electron chi connectivity index (χ4n) is 4.93. The molecule has 0 bridgehead atoms. The topological polar surface area (TPSA) is 178 Å². The minimum absolute atomic E-state index is 0.0550. The molecule has 4 N–H and O–H groups in total. The minimum atomic E-state index is -4.75. The molecular weight excluding hydrogens is 564 g/mol. The maximum absolute atomic E-state index is 16.1. The third kappa shape index (κ3) is 4.70. The number of nitrogens with zero attached hydrogens (tertiary/aromatic N) is 1. The zero-order valence-corrected chi connectivity index (χ0v) is 23.3. The van der Waals surface area contributed by atoms with Crippen LogP contribution >= 0.6 is 7.75 Å². The number of rotatable bonds is 9. The number of benzene rings is 2. The number of alkyl halides is 1. The second-order valence-corrected chi connectivity index (χ2v) is 12.1. The zero-order valence-electron chi connectivity index (χ0n) is 22.4. The highest BCUT2D eigenvalue weighted by atomic mass is 31.2. The summed E-state index contributed by atoms with van der Waals surface area (Å²) < 4.78 is 52.7. The van der Waals surface area contributed by atoms with Crippen molar-refractivity contribution in [2.45, 2.75) is 69.2 Å². The SMILES string of the molecule is CC(C)OC(=O)C(C)NP(=O)(Oc1cccc2ccccc12)OC1[C@]2(O)[C@@](C)(O)[C@H](n3ccc(=O)[nH]c3=O)O[C@]12F. The Morgan fingerprint density at radius 2 is 1.83 bits per heavy atom. The monoisotopic (exact) mass is 593 g/mol. The first-order chi connectivity index (χ1) is 19.1. The summed E-state index contributed by atoms with van der Waals surface area (Å²) in [5.74, 6) is -3.92. The Morgan fingerprint density at radius 1 is 1.15 bits per heavy atom. The number of hydrogen-bond donors (Lipinski definition) is 4. The number of carbonyl (C=O) groups is 1. The molecule has 3 aromatic rings. The van der Waals surface area contributed by atoms with Crippen LogP contribution in [0.2, 0.25) is 0 Å². The Bertz CT molecular complexity index is 1670. The van der Waals surface area contributed by atoms with E-state index in [1.807, 2.05) is 4.98 Å². The second-order valence-electron chi connectivity index (χ2n) is 10.4. The average Bonchev–Trinajstić information content (AvgIpc) is 3.29. The van der Waals surface area contributed by atoms with Gasteiger partial charge in [0.05, 0.1) is 6.10 Å². The number of carbonyl (C=O) groups excluding carboxylic acids is 1. The maximum atomic E-state index is 16.1. The Labute approximate surface area is 232 Å². The van der Waals surface area contributed by atoms with Gasteiger partial charge in [-0.15, -0.1) is 0 Å². The van der Waals surface area contributed by atoms with Crippen LogP contribution in [0.4, 0.5) is 4.39 Å². The third-order valence-electron chi connectivity index (χ3n) is 7.06. The number of aromatic amines is 1. The molecule has 0 radical (unpaired) electrons. The molecule has 41 heavy (non-hydrogen) atoms. The van der Waals surface area contributed by atoms with Gasteiger partial charge < -0.3 is 24.2 Å². The number of ether oxygens (including phenoxy) is 2. The fourth-order valence-corrected chi connectivity index (χ4v) is 6.65. The Hall–Kier alpha value is -3.39. The Balaban J connectivity index is 1.48. The van der Waals surface area contributed by atoms with Crippen molar-refractivity contribution < 1.29 is 42.5 Å². The summed E-state index contributed by atoms with van der Waals surface area (Å²) in [5.41, 5.74) is -7.16. The molecule has 2 aliphatic rings. The van der Waals surface area contributed by atoms with Crippen molar-refractivity contribution in [2.75, 3.05) is 0 Å². The van der Waals surface area contributed by atoms with Crippen molar-refractivity contribution in [1.82, 2.24) is 14.6 Å². The highest BCUT2D eigenvalue weighted by Crippen LogP contribution is 2.71. The summed E-state index contributed by atoms with van der Waals surface area (Å²) in [6.07, 6.45) is -3.43. The highest BCUT2D eigenvalue weighted by molar-refractivity contribution is 7.52. The van der Waals surface area contributed by atoms with Gasteiger partial charge in [-0.1, -0.05) is 36.4 Å². The molecule has 13 nitrogen and oxygen atoms in total. The normalized spacial score (nSPS) is 30.9. The first-order valence-electron chi connectivity index (χ1n) is 12.7. The van der Waals surface area contributed by atoms with Gasteiger partial charge in [-0.2, -0.15) is 5.09 Å². The van der Waals surface area contributed by atoms with E-state index in [1.54, 1.807) is 50.2 Å². The molecule has 0 amide bonds. The maximum Gasteiger partial charge on any atom is 0.460 e. The van der Waals surface area contributed by atoms with Crippen LogP contribution in [0.15, 0.2) is 64.3 Å². The lowest BCUT2D eigenvalue weighted by Crippen LogP contribution is -2.51. The van der Waals surface area contributed by atoms with Crippen LogP contribution in [0.25, 0.3) is 10.8 Å². The molecule has 1 aliphatic carbocycles. The fraction of sp³-hybridized carbons (Fsp3) is 0.423. The quantitative estimate of drug-likeness (QED) is 0.210. The van der Waals surface area contributed by atoms with E-state index >= 15 is 4.39 Å². The molecule has 7 atom stereocenters. The molecule has 1 saturated carbocycles. The van der Waals surface area contributed by atoms with Crippen molar-refractivity contribution in [3.8, 4) is 5.75 Å².